The molecule has 0 aliphatic carbocycles. The summed E-state index contributed by atoms with van der Waals surface area (Å²) >= 11 is 0. The Hall–Kier alpha value is 1.26. The van der Waals surface area contributed by atoms with Crippen LogP contribution in [-0.2, 0) is 4.79 Å². The first-order valence-electron chi connectivity index (χ1n) is 8.62. The monoisotopic (exact) mass is 414 g/mol. The summed E-state index contributed by atoms with van der Waals surface area (Å²) in [7, 11) is 0. The molecule has 2 nitrogen and oxygen atoms in total. The Bertz CT molecular complexity index is 239. The fourth-order valence-electron chi connectivity index (χ4n) is 2.34. The number of rotatable bonds is 15. The maximum atomic E-state index is 10.2. The largest absolute Gasteiger partial charge is 1.00 e. The molecule has 0 rings (SSSR count). The van der Waals surface area contributed by atoms with Crippen molar-refractivity contribution in [1.82, 2.24) is 0 Å². The molecule has 0 aliphatic rings. The van der Waals surface area contributed by atoms with Crippen LogP contribution in [0.15, 0.2) is 12.2 Å². The normalized spacial score (nSPS) is 10.7. The Labute approximate surface area is 191 Å². The Kier molecular flexibility index (Phi) is 24.8. The smallest absolute Gasteiger partial charge is 0.550 e. The molecule has 0 bridgehead atoms. The molecule has 0 N–H and O–H groups in total. The van der Waals surface area contributed by atoms with Crippen LogP contribution in [0.4, 0.5) is 0 Å². The Morgan fingerprint density at radius 2 is 1.19 bits per heavy atom. The van der Waals surface area contributed by atoms with Crippen LogP contribution in [0.1, 0.15) is 96.8 Å². The summed E-state index contributed by atoms with van der Waals surface area (Å²) in [6.45, 7) is 2.26. The van der Waals surface area contributed by atoms with E-state index in [2.05, 4.69) is 19.1 Å². The fraction of sp³-hybridized carbons (Fsp3) is 0.833. The van der Waals surface area contributed by atoms with Crippen LogP contribution in [0.3, 0.4) is 0 Å². The number of carbonyl (C=O) groups excluding carboxylic acids is 1. The summed E-state index contributed by atoms with van der Waals surface area (Å²) in [4.78, 5) is 10.2. The molecule has 0 unspecified atom stereocenters. The minimum Gasteiger partial charge on any atom is -0.550 e. The summed E-state index contributed by atoms with van der Waals surface area (Å²) in [5, 5.41) is 10.2. The van der Waals surface area contributed by atoms with Crippen molar-refractivity contribution in [3.63, 3.8) is 0 Å². The van der Waals surface area contributed by atoms with E-state index in [1.54, 1.807) is 0 Å². The van der Waals surface area contributed by atoms with E-state index in [0.29, 0.717) is 0 Å². The fourth-order valence-corrected chi connectivity index (χ4v) is 2.34. The minimum absolute atomic E-state index is 0. The molecule has 0 aromatic rings. The van der Waals surface area contributed by atoms with Crippen molar-refractivity contribution in [3.05, 3.63) is 12.2 Å². The molecule has 118 valence electrons. The first kappa shape index (κ1) is 24.5. The molecule has 0 aromatic carbocycles. The van der Waals surface area contributed by atoms with Gasteiger partial charge in [0.05, 0.1) is 0 Å². The number of carboxylic acid groups (broad SMARTS) is 1. The zero-order valence-electron chi connectivity index (χ0n) is 14.4. The molecule has 0 aliphatic heterocycles. The Balaban J connectivity index is 0. The summed E-state index contributed by atoms with van der Waals surface area (Å²) in [6, 6.07) is 0. The van der Waals surface area contributed by atoms with Crippen LogP contribution in [0.2, 0.25) is 0 Å². The third-order valence-corrected chi connectivity index (χ3v) is 3.64. The van der Waals surface area contributed by atoms with Crippen LogP contribution < -0.4 is 74.0 Å². The maximum Gasteiger partial charge on any atom is 1.00 e. The van der Waals surface area contributed by atoms with Crippen LogP contribution in [0, 0.1) is 0 Å². The molecule has 0 atom stereocenters. The summed E-state index contributed by atoms with van der Waals surface area (Å²) in [6.07, 6.45) is 20.9. The molecule has 0 aromatic heterocycles. The van der Waals surface area contributed by atoms with E-state index >= 15 is 0 Å². The van der Waals surface area contributed by atoms with Gasteiger partial charge >= 0.3 is 68.9 Å². The van der Waals surface area contributed by atoms with Crippen molar-refractivity contribution in [1.29, 1.82) is 0 Å². The third kappa shape index (κ3) is 23.7. The van der Waals surface area contributed by atoms with Gasteiger partial charge in [-0.15, -0.1) is 0 Å². The average molecular weight is 414 g/mol. The minimum atomic E-state index is -0.914. The van der Waals surface area contributed by atoms with Crippen molar-refractivity contribution in [2.45, 2.75) is 96.8 Å². The van der Waals surface area contributed by atoms with Crippen molar-refractivity contribution in [3.8, 4) is 0 Å². The van der Waals surface area contributed by atoms with Gasteiger partial charge in [0, 0.05) is 5.97 Å². The zero-order chi connectivity index (χ0) is 14.9. The number of unbranched alkanes of at least 4 members (excludes halogenated alkanes) is 11. The van der Waals surface area contributed by atoms with Crippen LogP contribution in [0.25, 0.3) is 0 Å². The Morgan fingerprint density at radius 1 is 0.762 bits per heavy atom. The number of hydrogen-bond donors (Lipinski definition) is 0. The zero-order valence-corrected chi connectivity index (χ0v) is 20.7. The van der Waals surface area contributed by atoms with Gasteiger partial charge in [-0.05, 0) is 38.5 Å². The number of carboxylic acids is 1. The van der Waals surface area contributed by atoms with Gasteiger partial charge < -0.3 is 9.90 Å². The van der Waals surface area contributed by atoms with E-state index < -0.39 is 5.97 Å². The van der Waals surface area contributed by atoms with Crippen LogP contribution in [-0.4, -0.2) is 5.97 Å². The van der Waals surface area contributed by atoms with Crippen molar-refractivity contribution < 1.29 is 78.8 Å². The number of hydrogen-bond acceptors (Lipinski definition) is 2. The molecule has 0 radical (unpaired) electrons. The van der Waals surface area contributed by atoms with Gasteiger partial charge in [0.2, 0.25) is 0 Å². The van der Waals surface area contributed by atoms with E-state index in [0.717, 1.165) is 19.3 Å². The molecule has 0 saturated heterocycles. The van der Waals surface area contributed by atoms with E-state index in [4.69, 9.17) is 0 Å². The standard InChI is InChI=1S/C18H34O2.Cs/c1-2-3-4-5-6-7-8-9-10-11-12-13-14-15-16-17-18(19)20;/h9-10H,2-8,11-17H2,1H3,(H,19,20);/q;+1/p-1/b10-9-;. The molecule has 0 spiro atoms. The van der Waals surface area contributed by atoms with Gasteiger partial charge in [-0.25, -0.2) is 0 Å². The van der Waals surface area contributed by atoms with Gasteiger partial charge in [0.15, 0.2) is 0 Å². The van der Waals surface area contributed by atoms with E-state index in [1.807, 2.05) is 0 Å². The molecule has 0 heterocycles. The molecule has 0 saturated carbocycles. The van der Waals surface area contributed by atoms with E-state index in [1.165, 1.54) is 64.2 Å². The SMILES string of the molecule is CCCCCCCC/C=C\CCCCCCCC(=O)[O-].[Cs+]. The predicted octanol–water partition coefficient (Wildman–Crippen LogP) is 1.78. The third-order valence-electron chi connectivity index (χ3n) is 3.64. The van der Waals surface area contributed by atoms with Gasteiger partial charge in [0.25, 0.3) is 0 Å². The number of allylic oxidation sites excluding steroid dienone is 2. The summed E-state index contributed by atoms with van der Waals surface area (Å²) in [5.41, 5.74) is 0. The first-order chi connectivity index (χ1) is 9.77. The second kappa shape index (κ2) is 21.3. The average Bonchev–Trinajstić information content (AvgIpc) is 2.43. The van der Waals surface area contributed by atoms with Gasteiger partial charge in [-0.3, -0.25) is 0 Å². The molecule has 21 heavy (non-hydrogen) atoms. The Morgan fingerprint density at radius 3 is 1.67 bits per heavy atom. The summed E-state index contributed by atoms with van der Waals surface area (Å²) < 4.78 is 0. The summed E-state index contributed by atoms with van der Waals surface area (Å²) in [5.74, 6) is -0.914. The van der Waals surface area contributed by atoms with E-state index in [9.17, 15) is 9.90 Å². The molecule has 3 heteroatoms. The number of aliphatic carboxylic acids is 1. The molecule has 0 amide bonds. The maximum absolute atomic E-state index is 10.2. The number of carbonyl (C=O) groups is 1. The quantitative estimate of drug-likeness (QED) is 0.303. The van der Waals surface area contributed by atoms with Crippen molar-refractivity contribution in [2.75, 3.05) is 0 Å². The van der Waals surface area contributed by atoms with E-state index in [-0.39, 0.29) is 75.3 Å². The first-order valence-corrected chi connectivity index (χ1v) is 8.62. The van der Waals surface area contributed by atoms with Crippen molar-refractivity contribution in [2.24, 2.45) is 0 Å². The molecular formula is C18H33CsO2. The van der Waals surface area contributed by atoms with Crippen LogP contribution in [0.5, 0.6) is 0 Å². The predicted molar refractivity (Wildman–Crippen MR) is 84.5 cm³/mol. The topological polar surface area (TPSA) is 40.1 Å². The molecular weight excluding hydrogens is 381 g/mol. The van der Waals surface area contributed by atoms with Gasteiger partial charge in [-0.1, -0.05) is 70.4 Å². The molecule has 0 fully saturated rings. The van der Waals surface area contributed by atoms with Crippen molar-refractivity contribution >= 4 is 5.97 Å². The second-order valence-corrected chi connectivity index (χ2v) is 5.71. The van der Waals surface area contributed by atoms with Gasteiger partial charge in [0.1, 0.15) is 0 Å². The van der Waals surface area contributed by atoms with Crippen LogP contribution >= 0.6 is 0 Å². The second-order valence-electron chi connectivity index (χ2n) is 5.71. The van der Waals surface area contributed by atoms with Gasteiger partial charge in [-0.2, -0.15) is 0 Å².